The summed E-state index contributed by atoms with van der Waals surface area (Å²) in [5, 5.41) is 0. The Morgan fingerprint density at radius 3 is 1.93 bits per heavy atom. The second-order valence-electron chi connectivity index (χ2n) is 25.6. The zero-order valence-electron chi connectivity index (χ0n) is 44.0. The van der Waals surface area contributed by atoms with Gasteiger partial charge in [0, 0.05) is 33.9 Å². The summed E-state index contributed by atoms with van der Waals surface area (Å²) >= 11 is 0. The number of nitrogens with zero attached hydrogens (tertiary/aromatic N) is 2. The van der Waals surface area contributed by atoms with Crippen LogP contribution in [0.5, 0.6) is 0 Å². The fourth-order valence-corrected chi connectivity index (χ4v) is 12.4. The number of anilines is 5. The molecule has 0 bridgehead atoms. The third kappa shape index (κ3) is 7.45. The molecule has 4 heteroatoms. The second-order valence-corrected chi connectivity index (χ2v) is 25.6. The van der Waals surface area contributed by atoms with Gasteiger partial charge in [0.2, 0.25) is 0 Å². The van der Waals surface area contributed by atoms with Crippen LogP contribution in [0.4, 0.5) is 28.4 Å². The van der Waals surface area contributed by atoms with Gasteiger partial charge in [0.25, 0.3) is 6.71 Å². The molecule has 0 radical (unpaired) electrons. The topological polar surface area (TPSA) is 15.7 Å². The highest BCUT2D eigenvalue weighted by molar-refractivity contribution is 6.94. The molecule has 0 amide bonds. The molecule has 0 fully saturated rings. The molecule has 6 aliphatic rings. The molecule has 0 saturated carbocycles. The van der Waals surface area contributed by atoms with Gasteiger partial charge in [-0.15, -0.1) is 0 Å². The largest absolute Gasteiger partial charge is 0.497 e. The zero-order chi connectivity index (χ0) is 48.7. The smallest absolute Gasteiger partial charge is 0.296 e. The fourth-order valence-electron chi connectivity index (χ4n) is 12.4. The van der Waals surface area contributed by atoms with E-state index in [2.05, 4.69) is 234 Å². The molecule has 0 N–H and O–H groups in total. The van der Waals surface area contributed by atoms with Crippen molar-refractivity contribution in [2.24, 2.45) is 11.3 Å². The van der Waals surface area contributed by atoms with Crippen LogP contribution in [0.3, 0.4) is 0 Å². The van der Waals surface area contributed by atoms with Crippen molar-refractivity contribution in [1.29, 1.82) is 0 Å². The number of hydrogen-bond acceptors (Lipinski definition) is 3. The summed E-state index contributed by atoms with van der Waals surface area (Å²) in [4.78, 5) is 5.36. The van der Waals surface area contributed by atoms with Gasteiger partial charge in [-0.2, -0.15) is 0 Å². The van der Waals surface area contributed by atoms with Crippen LogP contribution in [0.15, 0.2) is 144 Å². The monoisotopic (exact) mass is 909 g/mol. The summed E-state index contributed by atoms with van der Waals surface area (Å²) in [5.41, 5.74) is 24.7. The lowest BCUT2D eigenvalue weighted by Gasteiger charge is -2.47. The number of allylic oxidation sites excluding steroid dienone is 6. The van der Waals surface area contributed by atoms with Gasteiger partial charge in [-0.3, -0.25) is 0 Å². The van der Waals surface area contributed by atoms with Crippen LogP contribution in [-0.4, -0.2) is 12.8 Å². The Bertz CT molecular complexity index is 3100. The third-order valence-electron chi connectivity index (χ3n) is 16.6. The summed E-state index contributed by atoms with van der Waals surface area (Å²) in [6, 6.07) is 36.0. The second kappa shape index (κ2) is 15.6. The third-order valence-corrected chi connectivity index (χ3v) is 16.6. The van der Waals surface area contributed by atoms with Crippen molar-refractivity contribution in [1.82, 2.24) is 0 Å². The van der Waals surface area contributed by atoms with Gasteiger partial charge in [-0.25, -0.2) is 0 Å². The van der Waals surface area contributed by atoms with Crippen molar-refractivity contribution in [3.63, 3.8) is 0 Å². The quantitative estimate of drug-likeness (QED) is 0.167. The number of fused-ring (bicyclic) bond motifs is 6. The van der Waals surface area contributed by atoms with Crippen molar-refractivity contribution >= 4 is 51.6 Å². The minimum absolute atomic E-state index is 0.00401. The molecule has 69 heavy (non-hydrogen) atoms. The molecular formula is C65H73BN2O. The van der Waals surface area contributed by atoms with E-state index in [0.717, 1.165) is 31.3 Å². The summed E-state index contributed by atoms with van der Waals surface area (Å²) in [6.07, 6.45) is 18.5. The van der Waals surface area contributed by atoms with E-state index < -0.39 is 0 Å². The van der Waals surface area contributed by atoms with Crippen molar-refractivity contribution in [3.05, 3.63) is 178 Å². The van der Waals surface area contributed by atoms with Gasteiger partial charge in [0.05, 0.1) is 23.0 Å². The molecule has 3 aliphatic heterocycles. The van der Waals surface area contributed by atoms with Crippen molar-refractivity contribution in [2.45, 2.75) is 150 Å². The minimum Gasteiger partial charge on any atom is -0.497 e. The van der Waals surface area contributed by atoms with Crippen LogP contribution in [0.1, 0.15) is 149 Å². The standard InChI is InChI=1S/C65H73BN2O/c1-40-33-54-57-55(34-40)68(58-47(41-21-17-15-18-22-41)36-45(63(8,9)10)37-48(58)42-23-19-16-20-24-42)53-39-51-50(64(11,12)31-32-65(51,13)14)38-52(53)66(57)60-59(49-35-44(62(5,6)7)27-30-56(49)69-60)67(54)46-28-25-43(26-29-46)61(2,3)4/h15-19,21-23,25-30,33-39,49,56H,20,24,31-32H2,1-14H3. The molecule has 3 nitrogen and oxygen atoms in total. The first kappa shape index (κ1) is 45.7. The molecule has 3 aliphatic carbocycles. The number of aryl methyl sites for hydroxylation is 1. The van der Waals surface area contributed by atoms with E-state index in [4.69, 9.17) is 4.74 Å². The molecule has 352 valence electrons. The summed E-state index contributed by atoms with van der Waals surface area (Å²) < 4.78 is 7.61. The molecule has 5 aromatic rings. The summed E-state index contributed by atoms with van der Waals surface area (Å²) in [7, 11) is 0. The SMILES string of the molecule is Cc1cc2c3c(c1)N(c1c(C4=CC=CCC4)cc(C(C)(C)C)cc1-c1ccccc1)c1cc4c(cc1B3C1=C(C3C=C(C(C)(C)C)C=CC3O1)N2c1ccc(C(C)(C)C)cc1)C(C)(C)CCC4(C)C. The first-order valence-corrected chi connectivity index (χ1v) is 26.0. The number of rotatable bonds is 4. The number of ether oxygens (including phenoxy) is 1. The van der Waals surface area contributed by atoms with E-state index >= 15 is 0 Å². The molecule has 0 aromatic heterocycles. The molecular weight excluding hydrogens is 836 g/mol. The summed E-state index contributed by atoms with van der Waals surface area (Å²) in [6.45, 7) is 33.2. The van der Waals surface area contributed by atoms with Crippen molar-refractivity contribution < 1.29 is 4.74 Å². The van der Waals surface area contributed by atoms with Crippen LogP contribution >= 0.6 is 0 Å². The van der Waals surface area contributed by atoms with Gasteiger partial charge in [0.15, 0.2) is 0 Å². The lowest BCUT2D eigenvalue weighted by atomic mass is 9.35. The number of hydrogen-bond donors (Lipinski definition) is 0. The van der Waals surface area contributed by atoms with E-state index in [0.29, 0.717) is 0 Å². The molecule has 0 saturated heterocycles. The molecule has 11 rings (SSSR count). The zero-order valence-corrected chi connectivity index (χ0v) is 44.0. The Morgan fingerprint density at radius 2 is 1.30 bits per heavy atom. The van der Waals surface area contributed by atoms with Crippen LogP contribution in [0.2, 0.25) is 0 Å². The normalized spacial score (nSPS) is 20.9. The van der Waals surface area contributed by atoms with E-state index in [1.807, 2.05) is 0 Å². The van der Waals surface area contributed by atoms with Crippen molar-refractivity contribution in [3.8, 4) is 11.1 Å². The van der Waals surface area contributed by atoms with Crippen molar-refractivity contribution in [2.75, 3.05) is 9.80 Å². The summed E-state index contributed by atoms with van der Waals surface area (Å²) in [5.74, 6) is 0.0561. The average Bonchev–Trinajstić information content (AvgIpc) is 3.68. The number of benzene rings is 5. The first-order valence-electron chi connectivity index (χ1n) is 26.0. The molecule has 5 aromatic carbocycles. The van der Waals surface area contributed by atoms with Crippen LogP contribution in [-0.2, 0) is 26.4 Å². The Morgan fingerprint density at radius 1 is 0.667 bits per heavy atom. The minimum atomic E-state index is -0.104. The van der Waals surface area contributed by atoms with Crippen LogP contribution in [0, 0.1) is 18.3 Å². The maximum atomic E-state index is 7.61. The molecule has 3 heterocycles. The maximum Gasteiger partial charge on any atom is 0.296 e. The first-order chi connectivity index (χ1) is 32.5. The van der Waals surface area contributed by atoms with Gasteiger partial charge in [-0.1, -0.05) is 169 Å². The lowest BCUT2D eigenvalue weighted by Crippen LogP contribution is -2.56. The maximum absolute atomic E-state index is 7.61. The highest BCUT2D eigenvalue weighted by atomic mass is 16.5. The van der Waals surface area contributed by atoms with Crippen LogP contribution < -0.4 is 20.7 Å². The highest BCUT2D eigenvalue weighted by Crippen LogP contribution is 2.56. The van der Waals surface area contributed by atoms with Gasteiger partial charge in [-0.05, 0) is 164 Å². The highest BCUT2D eigenvalue weighted by Gasteiger charge is 2.54. The van der Waals surface area contributed by atoms with Gasteiger partial charge in [0.1, 0.15) is 6.10 Å². The van der Waals surface area contributed by atoms with E-state index in [1.165, 1.54) is 101 Å². The van der Waals surface area contributed by atoms with Gasteiger partial charge < -0.3 is 14.5 Å². The molecule has 2 unspecified atom stereocenters. The lowest BCUT2D eigenvalue weighted by molar-refractivity contribution is 0.179. The van der Waals surface area contributed by atoms with Crippen LogP contribution in [0.25, 0.3) is 16.7 Å². The van der Waals surface area contributed by atoms with Gasteiger partial charge >= 0.3 is 0 Å². The molecule has 2 atom stereocenters. The van der Waals surface area contributed by atoms with E-state index in [-0.39, 0.29) is 45.8 Å². The Hall–Kier alpha value is -5.74. The fraction of sp³-hybridized carbons (Fsp3) is 0.385. The average molecular weight is 909 g/mol. The Kier molecular flexibility index (Phi) is 10.4. The predicted molar refractivity (Wildman–Crippen MR) is 296 cm³/mol. The van der Waals surface area contributed by atoms with E-state index in [9.17, 15) is 0 Å². The predicted octanol–water partition coefficient (Wildman–Crippen LogP) is 16.2. The Balaban J connectivity index is 1.29. The Labute approximate surface area is 414 Å². The van der Waals surface area contributed by atoms with E-state index in [1.54, 1.807) is 0 Å². The molecule has 0 spiro atoms.